The maximum absolute atomic E-state index is 6.12. The molecule has 0 bridgehead atoms. The van der Waals surface area contributed by atoms with Gasteiger partial charge in [0, 0.05) is 0 Å². The summed E-state index contributed by atoms with van der Waals surface area (Å²) in [6, 6.07) is 20.8. The van der Waals surface area contributed by atoms with Gasteiger partial charge in [0.25, 0.3) is 0 Å². The molecule has 0 aromatic heterocycles. The summed E-state index contributed by atoms with van der Waals surface area (Å²) < 4.78 is 6.12. The van der Waals surface area contributed by atoms with E-state index in [1.165, 1.54) is 11.1 Å². The number of rotatable bonds is 2. The molecule has 0 amide bonds. The van der Waals surface area contributed by atoms with Crippen LogP contribution in [0.4, 0.5) is 0 Å². The van der Waals surface area contributed by atoms with Crippen molar-refractivity contribution in [2.75, 3.05) is 0 Å². The Morgan fingerprint density at radius 3 is 1.76 bits per heavy atom. The second-order valence-corrected chi connectivity index (χ2v) is 11.2. The van der Waals surface area contributed by atoms with Crippen LogP contribution in [-0.2, 0) is 10.3 Å². The van der Waals surface area contributed by atoms with Crippen LogP contribution in [0.25, 0.3) is 0 Å². The molecule has 1 aliphatic heterocycles. The second-order valence-electron chi connectivity index (χ2n) is 6.48. The molecule has 0 saturated carbocycles. The van der Waals surface area contributed by atoms with E-state index in [1.807, 2.05) is 12.1 Å². The molecule has 1 fully saturated rings. The van der Waals surface area contributed by atoms with Crippen molar-refractivity contribution >= 4 is 8.07 Å². The van der Waals surface area contributed by atoms with Gasteiger partial charge in [0.05, 0.1) is 0 Å². The summed E-state index contributed by atoms with van der Waals surface area (Å²) in [5, 5.41) is 0. The van der Waals surface area contributed by atoms with E-state index in [0.717, 1.165) is 0 Å². The third-order valence-electron chi connectivity index (χ3n) is 3.60. The molecule has 2 aromatic carbocycles. The van der Waals surface area contributed by atoms with Crippen molar-refractivity contribution in [1.82, 2.24) is 0 Å². The maximum atomic E-state index is 6.12. The standard InChI is InChI=1S/C19H20OSi/c1-21(2,3)15-14-18-19(20-18,16-10-6-4-7-11-16)17-12-8-5-9-13-17/h4-13,18H,1-3H3. The topological polar surface area (TPSA) is 12.5 Å². The Kier molecular flexibility index (Phi) is 3.48. The van der Waals surface area contributed by atoms with Crippen molar-refractivity contribution in [2.24, 2.45) is 0 Å². The van der Waals surface area contributed by atoms with E-state index in [4.69, 9.17) is 4.74 Å². The second kappa shape index (κ2) is 5.18. The summed E-state index contributed by atoms with van der Waals surface area (Å²) in [5.74, 6) is 3.37. The van der Waals surface area contributed by atoms with Gasteiger partial charge in [0.2, 0.25) is 0 Å². The summed E-state index contributed by atoms with van der Waals surface area (Å²) in [4.78, 5) is 0. The Hall–Kier alpha value is -1.82. The predicted octanol–water partition coefficient (Wildman–Crippen LogP) is 4.21. The molecule has 0 N–H and O–H groups in total. The first-order valence-electron chi connectivity index (χ1n) is 7.34. The highest BCUT2D eigenvalue weighted by molar-refractivity contribution is 6.83. The summed E-state index contributed by atoms with van der Waals surface area (Å²) in [7, 11) is -1.39. The Balaban J connectivity index is 2.02. The van der Waals surface area contributed by atoms with Gasteiger partial charge in [0.15, 0.2) is 11.7 Å². The molecule has 21 heavy (non-hydrogen) atoms. The Morgan fingerprint density at radius 1 is 0.857 bits per heavy atom. The zero-order valence-electron chi connectivity index (χ0n) is 12.8. The lowest BCUT2D eigenvalue weighted by Gasteiger charge is -2.13. The maximum Gasteiger partial charge on any atom is 0.157 e. The Labute approximate surface area is 128 Å². The van der Waals surface area contributed by atoms with E-state index in [0.29, 0.717) is 0 Å². The van der Waals surface area contributed by atoms with E-state index in [9.17, 15) is 0 Å². The molecule has 3 rings (SSSR count). The lowest BCUT2D eigenvalue weighted by atomic mass is 9.88. The third kappa shape index (κ3) is 2.81. The molecule has 1 unspecified atom stereocenters. The average Bonchev–Trinajstić information content (AvgIpc) is 3.22. The minimum absolute atomic E-state index is 0.0333. The lowest BCUT2D eigenvalue weighted by molar-refractivity contribution is 0.339. The molecule has 1 nitrogen and oxygen atoms in total. The van der Waals surface area contributed by atoms with Crippen molar-refractivity contribution in [2.45, 2.75) is 31.3 Å². The molecule has 1 aliphatic rings. The number of epoxide rings is 1. The van der Waals surface area contributed by atoms with Crippen LogP contribution in [0.2, 0.25) is 19.6 Å². The minimum atomic E-state index is -1.39. The summed E-state index contributed by atoms with van der Waals surface area (Å²) in [6.07, 6.45) is -0.0333. The normalized spacial score (nSPS) is 19.5. The van der Waals surface area contributed by atoms with Gasteiger partial charge in [-0.25, -0.2) is 0 Å². The SMILES string of the molecule is C[Si](C)(C)C#CC1OC1(c1ccccc1)c1ccccc1. The van der Waals surface area contributed by atoms with E-state index < -0.39 is 8.07 Å². The van der Waals surface area contributed by atoms with Gasteiger partial charge in [-0.05, 0) is 11.1 Å². The molecule has 1 saturated heterocycles. The summed E-state index contributed by atoms with van der Waals surface area (Å²) >= 11 is 0. The molecule has 1 atom stereocenters. The van der Waals surface area contributed by atoms with Gasteiger partial charge < -0.3 is 4.74 Å². The highest BCUT2D eigenvalue weighted by Gasteiger charge is 2.58. The molecule has 2 aromatic rings. The monoisotopic (exact) mass is 292 g/mol. The number of hydrogen-bond donors (Lipinski definition) is 0. The van der Waals surface area contributed by atoms with Crippen molar-refractivity contribution < 1.29 is 4.74 Å². The molecule has 0 spiro atoms. The van der Waals surface area contributed by atoms with Gasteiger partial charge in [0.1, 0.15) is 8.07 Å². The van der Waals surface area contributed by atoms with E-state index in [2.05, 4.69) is 79.6 Å². The van der Waals surface area contributed by atoms with Gasteiger partial charge in [-0.15, -0.1) is 5.54 Å². The van der Waals surface area contributed by atoms with Crippen LogP contribution >= 0.6 is 0 Å². The van der Waals surface area contributed by atoms with Gasteiger partial charge in [-0.1, -0.05) is 86.2 Å². The molecule has 106 valence electrons. The molecule has 0 aliphatic carbocycles. The third-order valence-corrected chi connectivity index (χ3v) is 4.49. The van der Waals surface area contributed by atoms with Crippen LogP contribution in [0.15, 0.2) is 60.7 Å². The van der Waals surface area contributed by atoms with Crippen LogP contribution in [0.5, 0.6) is 0 Å². The van der Waals surface area contributed by atoms with Gasteiger partial charge in [-0.3, -0.25) is 0 Å². The van der Waals surface area contributed by atoms with Crippen LogP contribution in [0.1, 0.15) is 11.1 Å². The van der Waals surface area contributed by atoms with Gasteiger partial charge in [-0.2, -0.15) is 0 Å². The van der Waals surface area contributed by atoms with Crippen LogP contribution in [0.3, 0.4) is 0 Å². The number of benzene rings is 2. The molecule has 0 radical (unpaired) electrons. The fraction of sp³-hybridized carbons (Fsp3) is 0.263. The molecule has 2 heteroatoms. The highest BCUT2D eigenvalue weighted by atomic mass is 28.3. The summed E-state index contributed by atoms with van der Waals surface area (Å²) in [6.45, 7) is 6.78. The van der Waals surface area contributed by atoms with Crippen LogP contribution in [-0.4, -0.2) is 14.2 Å². The average molecular weight is 292 g/mol. The fourth-order valence-corrected chi connectivity index (χ4v) is 3.11. The van der Waals surface area contributed by atoms with Crippen LogP contribution < -0.4 is 0 Å². The summed E-state index contributed by atoms with van der Waals surface area (Å²) in [5.41, 5.74) is 5.43. The zero-order chi connectivity index (χ0) is 14.9. The van der Waals surface area contributed by atoms with Crippen molar-refractivity contribution in [1.29, 1.82) is 0 Å². The van der Waals surface area contributed by atoms with Crippen LogP contribution in [0, 0.1) is 11.5 Å². The Bertz CT molecular complexity index is 635. The quantitative estimate of drug-likeness (QED) is 0.459. The van der Waals surface area contributed by atoms with E-state index in [-0.39, 0.29) is 11.7 Å². The molecule has 1 heterocycles. The zero-order valence-corrected chi connectivity index (χ0v) is 13.8. The number of hydrogen-bond acceptors (Lipinski definition) is 1. The first-order chi connectivity index (χ1) is 10.0. The fourth-order valence-electron chi connectivity index (χ4n) is 2.54. The molecular formula is C19H20OSi. The first-order valence-corrected chi connectivity index (χ1v) is 10.8. The smallest absolute Gasteiger partial charge is 0.157 e. The van der Waals surface area contributed by atoms with E-state index in [1.54, 1.807) is 0 Å². The predicted molar refractivity (Wildman–Crippen MR) is 89.7 cm³/mol. The highest BCUT2D eigenvalue weighted by Crippen LogP contribution is 2.51. The Morgan fingerprint density at radius 2 is 1.33 bits per heavy atom. The number of ether oxygens (including phenoxy) is 1. The minimum Gasteiger partial charge on any atom is -0.342 e. The lowest BCUT2D eigenvalue weighted by Crippen LogP contribution is -2.18. The largest absolute Gasteiger partial charge is 0.342 e. The van der Waals surface area contributed by atoms with E-state index >= 15 is 0 Å². The first kappa shape index (κ1) is 14.1. The van der Waals surface area contributed by atoms with Crippen molar-refractivity contribution in [3.8, 4) is 11.5 Å². The molecular weight excluding hydrogens is 272 g/mol. The van der Waals surface area contributed by atoms with Crippen molar-refractivity contribution in [3.05, 3.63) is 71.8 Å². The van der Waals surface area contributed by atoms with Gasteiger partial charge >= 0.3 is 0 Å². The van der Waals surface area contributed by atoms with Crippen molar-refractivity contribution in [3.63, 3.8) is 0 Å².